The Balaban J connectivity index is 2.02. The molecule has 1 atom stereocenters. The van der Waals surface area contributed by atoms with Crippen molar-refractivity contribution in [1.82, 2.24) is 4.98 Å². The summed E-state index contributed by atoms with van der Waals surface area (Å²) in [6.45, 7) is 4.60. The highest BCUT2D eigenvalue weighted by Crippen LogP contribution is 2.29. The van der Waals surface area contributed by atoms with Crippen LogP contribution in [0.3, 0.4) is 0 Å². The Bertz CT molecular complexity index is 300. The summed E-state index contributed by atoms with van der Waals surface area (Å²) in [6, 6.07) is 0. The minimum atomic E-state index is 0.586. The number of halogens is 1. The molecule has 0 bridgehead atoms. The first-order valence-corrected chi connectivity index (χ1v) is 6.44. The zero-order chi connectivity index (χ0) is 9.97. The lowest BCUT2D eigenvalue weighted by molar-refractivity contribution is 0.569. The predicted octanol–water partition coefficient (Wildman–Crippen LogP) is 3.12. The van der Waals surface area contributed by atoms with Crippen LogP contribution >= 0.6 is 22.9 Å². The Hall–Kier alpha value is -0.280. The summed E-state index contributed by atoms with van der Waals surface area (Å²) in [5, 5.41) is 1.15. The highest BCUT2D eigenvalue weighted by Gasteiger charge is 2.22. The first-order chi connectivity index (χ1) is 6.83. The highest BCUT2D eigenvalue weighted by atomic mass is 35.5. The van der Waals surface area contributed by atoms with Gasteiger partial charge in [0.1, 0.15) is 0 Å². The predicted molar refractivity (Wildman–Crippen MR) is 62.3 cm³/mol. The third-order valence-corrected chi connectivity index (χ3v) is 4.31. The van der Waals surface area contributed by atoms with Crippen molar-refractivity contribution in [3.05, 3.63) is 11.1 Å². The highest BCUT2D eigenvalue weighted by molar-refractivity contribution is 7.15. The molecule has 1 aromatic heterocycles. The topological polar surface area (TPSA) is 16.1 Å². The molecule has 1 aromatic rings. The van der Waals surface area contributed by atoms with Crippen molar-refractivity contribution in [3.63, 3.8) is 0 Å². The maximum absolute atomic E-state index is 5.75. The summed E-state index contributed by atoms with van der Waals surface area (Å²) in [5.41, 5.74) is 0. The van der Waals surface area contributed by atoms with Crippen LogP contribution in [-0.4, -0.2) is 18.1 Å². The van der Waals surface area contributed by atoms with Crippen LogP contribution in [0.5, 0.6) is 0 Å². The van der Waals surface area contributed by atoms with E-state index < -0.39 is 0 Å². The molecule has 14 heavy (non-hydrogen) atoms. The molecule has 4 heteroatoms. The third kappa shape index (κ3) is 2.04. The average Bonchev–Trinajstić information content (AvgIpc) is 2.86. The lowest BCUT2D eigenvalue weighted by Gasteiger charge is -2.13. The van der Waals surface area contributed by atoms with E-state index >= 15 is 0 Å². The van der Waals surface area contributed by atoms with E-state index in [0.717, 1.165) is 17.6 Å². The molecule has 1 unspecified atom stereocenters. The van der Waals surface area contributed by atoms with Gasteiger partial charge >= 0.3 is 0 Å². The smallest absolute Gasteiger partial charge is 0.185 e. The largest absolute Gasteiger partial charge is 0.348 e. The zero-order valence-corrected chi connectivity index (χ0v) is 9.94. The third-order valence-electron chi connectivity index (χ3n) is 2.81. The van der Waals surface area contributed by atoms with Crippen molar-refractivity contribution in [2.45, 2.75) is 25.6 Å². The van der Waals surface area contributed by atoms with Crippen LogP contribution in [0.2, 0.25) is 0 Å². The fourth-order valence-corrected chi connectivity index (χ4v) is 2.87. The van der Waals surface area contributed by atoms with Gasteiger partial charge in [-0.2, -0.15) is 0 Å². The van der Waals surface area contributed by atoms with Crippen LogP contribution in [0.1, 0.15) is 24.6 Å². The molecular weight excluding hydrogens is 216 g/mol. The minimum absolute atomic E-state index is 0.586. The van der Waals surface area contributed by atoms with E-state index in [9.17, 15) is 0 Å². The van der Waals surface area contributed by atoms with E-state index in [0.29, 0.717) is 5.88 Å². The summed E-state index contributed by atoms with van der Waals surface area (Å²) in [7, 11) is 0. The average molecular weight is 231 g/mol. The molecule has 2 rings (SSSR count). The number of anilines is 1. The monoisotopic (exact) mass is 230 g/mol. The van der Waals surface area contributed by atoms with Crippen molar-refractivity contribution in [2.75, 3.05) is 18.0 Å². The van der Waals surface area contributed by atoms with E-state index in [4.69, 9.17) is 11.6 Å². The van der Waals surface area contributed by atoms with Gasteiger partial charge in [0.15, 0.2) is 5.13 Å². The maximum atomic E-state index is 5.75. The normalized spacial score (nSPS) is 21.9. The zero-order valence-electron chi connectivity index (χ0n) is 8.37. The van der Waals surface area contributed by atoms with Gasteiger partial charge in [0.25, 0.3) is 0 Å². The molecule has 0 N–H and O–H groups in total. The summed E-state index contributed by atoms with van der Waals surface area (Å²) in [6.07, 6.45) is 4.49. The quantitative estimate of drug-likeness (QED) is 0.742. The van der Waals surface area contributed by atoms with Gasteiger partial charge in [-0.05, 0) is 12.3 Å². The number of rotatable bonds is 3. The molecule has 0 saturated carbocycles. The van der Waals surface area contributed by atoms with Gasteiger partial charge in [-0.1, -0.05) is 13.3 Å². The van der Waals surface area contributed by atoms with Gasteiger partial charge in [0, 0.05) is 24.2 Å². The molecule has 0 amide bonds. The molecule has 0 spiro atoms. The summed E-state index contributed by atoms with van der Waals surface area (Å²) in [4.78, 5) is 7.95. The van der Waals surface area contributed by atoms with Crippen molar-refractivity contribution in [3.8, 4) is 0 Å². The van der Waals surface area contributed by atoms with Gasteiger partial charge in [-0.25, -0.2) is 4.98 Å². The van der Waals surface area contributed by atoms with Gasteiger partial charge in [0.05, 0.1) is 5.88 Å². The van der Waals surface area contributed by atoms with Crippen LogP contribution in [-0.2, 0) is 5.88 Å². The first kappa shape index (κ1) is 10.2. The van der Waals surface area contributed by atoms with E-state index in [-0.39, 0.29) is 0 Å². The molecule has 78 valence electrons. The lowest BCUT2D eigenvalue weighted by atomic mass is 10.1. The Morgan fingerprint density at radius 3 is 3.14 bits per heavy atom. The van der Waals surface area contributed by atoms with Crippen molar-refractivity contribution in [1.29, 1.82) is 0 Å². The Labute approximate surface area is 93.9 Å². The van der Waals surface area contributed by atoms with Crippen molar-refractivity contribution < 1.29 is 0 Å². The molecule has 0 radical (unpaired) electrons. The van der Waals surface area contributed by atoms with Crippen LogP contribution in [0.15, 0.2) is 6.20 Å². The second-order valence-electron chi connectivity index (χ2n) is 3.75. The standard InChI is InChI=1S/C10H15ClN2S/c1-2-8-3-4-13(7-8)10-12-6-9(5-11)14-10/h6,8H,2-5,7H2,1H3. The number of alkyl halides is 1. The van der Waals surface area contributed by atoms with E-state index in [2.05, 4.69) is 16.8 Å². The lowest BCUT2D eigenvalue weighted by Crippen LogP contribution is -2.18. The number of hydrogen-bond donors (Lipinski definition) is 0. The van der Waals surface area contributed by atoms with Crippen LogP contribution in [0, 0.1) is 5.92 Å². The fourth-order valence-electron chi connectivity index (χ4n) is 1.84. The fraction of sp³-hybridized carbons (Fsp3) is 0.700. The van der Waals surface area contributed by atoms with Crippen molar-refractivity contribution in [2.24, 2.45) is 5.92 Å². The second-order valence-corrected chi connectivity index (χ2v) is 5.11. The molecule has 1 aliphatic heterocycles. The molecule has 1 saturated heterocycles. The Morgan fingerprint density at radius 2 is 2.57 bits per heavy atom. The van der Waals surface area contributed by atoms with E-state index in [1.54, 1.807) is 11.3 Å². The maximum Gasteiger partial charge on any atom is 0.185 e. The Kier molecular flexibility index (Phi) is 3.29. The van der Waals surface area contributed by atoms with E-state index in [1.165, 1.54) is 24.3 Å². The molecule has 1 fully saturated rings. The number of thiazole rings is 1. The van der Waals surface area contributed by atoms with Gasteiger partial charge in [0.2, 0.25) is 0 Å². The van der Waals surface area contributed by atoms with Crippen molar-refractivity contribution >= 4 is 28.1 Å². The van der Waals surface area contributed by atoms with Gasteiger partial charge in [-0.15, -0.1) is 22.9 Å². The number of nitrogens with zero attached hydrogens (tertiary/aromatic N) is 2. The van der Waals surface area contributed by atoms with Gasteiger partial charge in [-0.3, -0.25) is 0 Å². The Morgan fingerprint density at radius 1 is 1.71 bits per heavy atom. The SMILES string of the molecule is CCC1CCN(c2ncc(CCl)s2)C1. The van der Waals surface area contributed by atoms with E-state index in [1.807, 2.05) is 6.20 Å². The number of hydrogen-bond acceptors (Lipinski definition) is 3. The summed E-state index contributed by atoms with van der Waals surface area (Å²) >= 11 is 7.48. The first-order valence-electron chi connectivity index (χ1n) is 5.09. The molecule has 2 heterocycles. The molecule has 0 aromatic carbocycles. The summed E-state index contributed by atoms with van der Waals surface area (Å²) < 4.78 is 0. The van der Waals surface area contributed by atoms with Gasteiger partial charge < -0.3 is 4.90 Å². The molecule has 1 aliphatic rings. The van der Waals surface area contributed by atoms with Crippen LogP contribution in [0.4, 0.5) is 5.13 Å². The number of aromatic nitrogens is 1. The van der Waals surface area contributed by atoms with Crippen LogP contribution < -0.4 is 4.90 Å². The molecule has 2 nitrogen and oxygen atoms in total. The summed E-state index contributed by atoms with van der Waals surface area (Å²) in [5.74, 6) is 1.45. The molecular formula is C10H15ClN2S. The molecule has 0 aliphatic carbocycles. The second kappa shape index (κ2) is 4.49. The van der Waals surface area contributed by atoms with Crippen LogP contribution in [0.25, 0.3) is 0 Å². The minimum Gasteiger partial charge on any atom is -0.348 e.